The summed E-state index contributed by atoms with van der Waals surface area (Å²) in [7, 11) is 0. The molecule has 0 N–H and O–H groups in total. The van der Waals surface area contributed by atoms with E-state index in [1.54, 1.807) is 0 Å². The molecule has 0 saturated carbocycles. The van der Waals surface area contributed by atoms with E-state index in [1.807, 2.05) is 24.3 Å². The molecule has 0 fully saturated rings. The normalized spacial score (nSPS) is 14.6. The fourth-order valence-electron chi connectivity index (χ4n) is 4.00. The molecule has 0 aliphatic carbocycles. The van der Waals surface area contributed by atoms with Crippen LogP contribution in [0.25, 0.3) is 0 Å². The van der Waals surface area contributed by atoms with Gasteiger partial charge in [-0.15, -0.1) is 0 Å². The molecule has 0 amide bonds. The highest BCUT2D eigenvalue weighted by Gasteiger charge is 2.31. The fraction of sp³-hybridized carbons (Fsp3) is 0.263. The highest BCUT2D eigenvalue weighted by molar-refractivity contribution is 5.73. The van der Waals surface area contributed by atoms with Crippen LogP contribution in [0.2, 0.25) is 0 Å². The van der Waals surface area contributed by atoms with Gasteiger partial charge in [0.2, 0.25) is 0 Å². The third-order valence-corrected chi connectivity index (χ3v) is 4.71. The van der Waals surface area contributed by atoms with Gasteiger partial charge in [-0.2, -0.15) is 10.5 Å². The third kappa shape index (κ3) is 1.96. The van der Waals surface area contributed by atoms with Crippen molar-refractivity contribution in [2.45, 2.75) is 26.9 Å². The molecule has 2 aliphatic heterocycles. The topological polar surface area (TPSA) is 54.1 Å². The van der Waals surface area contributed by atoms with Gasteiger partial charge in [-0.1, -0.05) is 0 Å². The molecular formula is C19H16N4. The molecule has 0 spiro atoms. The average molecular weight is 300 g/mol. The molecule has 4 rings (SSSR count). The van der Waals surface area contributed by atoms with Crippen molar-refractivity contribution < 1.29 is 0 Å². The summed E-state index contributed by atoms with van der Waals surface area (Å²) < 4.78 is 0. The summed E-state index contributed by atoms with van der Waals surface area (Å²) in [5, 5.41) is 18.4. The summed E-state index contributed by atoms with van der Waals surface area (Å²) in [5.74, 6) is 0. The zero-order chi connectivity index (χ0) is 16.1. The number of anilines is 2. The van der Waals surface area contributed by atoms with E-state index in [9.17, 15) is 10.5 Å². The van der Waals surface area contributed by atoms with Crippen LogP contribution in [0.15, 0.2) is 24.3 Å². The lowest BCUT2D eigenvalue weighted by Gasteiger charge is -2.46. The SMILES string of the molecule is Cc1cc(C#N)cc2c1N1Cc3cc(C#N)cc(C)c3N(C2)C1. The zero-order valence-electron chi connectivity index (χ0n) is 13.2. The number of fused-ring (bicyclic) bond motifs is 6. The lowest BCUT2D eigenvalue weighted by molar-refractivity contribution is 0.646. The lowest BCUT2D eigenvalue weighted by Crippen LogP contribution is -2.46. The van der Waals surface area contributed by atoms with Gasteiger partial charge in [-0.25, -0.2) is 0 Å². The molecule has 0 aromatic heterocycles. The largest absolute Gasteiger partial charge is 0.349 e. The van der Waals surface area contributed by atoms with Crippen LogP contribution >= 0.6 is 0 Å². The second kappa shape index (κ2) is 4.76. The molecular weight excluding hydrogens is 284 g/mol. The van der Waals surface area contributed by atoms with Gasteiger partial charge in [-0.3, -0.25) is 0 Å². The molecule has 2 heterocycles. The number of hydrogen-bond acceptors (Lipinski definition) is 4. The fourth-order valence-corrected chi connectivity index (χ4v) is 4.00. The van der Waals surface area contributed by atoms with E-state index in [2.05, 4.69) is 35.8 Å². The average Bonchev–Trinajstić information content (AvgIpc) is 2.53. The van der Waals surface area contributed by atoms with Gasteiger partial charge in [0.15, 0.2) is 0 Å². The van der Waals surface area contributed by atoms with Crippen LogP contribution in [0, 0.1) is 36.5 Å². The van der Waals surface area contributed by atoms with Crippen LogP contribution < -0.4 is 9.80 Å². The Labute approximate surface area is 135 Å². The molecule has 0 saturated heterocycles. The van der Waals surface area contributed by atoms with Crippen molar-refractivity contribution in [2.75, 3.05) is 16.5 Å². The van der Waals surface area contributed by atoms with Crippen LogP contribution in [-0.4, -0.2) is 6.67 Å². The number of rotatable bonds is 0. The Balaban J connectivity index is 1.87. The van der Waals surface area contributed by atoms with E-state index in [4.69, 9.17) is 0 Å². The highest BCUT2D eigenvalue weighted by atomic mass is 15.4. The molecule has 0 radical (unpaired) electrons. The van der Waals surface area contributed by atoms with E-state index in [0.29, 0.717) is 0 Å². The van der Waals surface area contributed by atoms with E-state index < -0.39 is 0 Å². The van der Waals surface area contributed by atoms with Gasteiger partial charge < -0.3 is 9.80 Å². The number of hydrogen-bond donors (Lipinski definition) is 0. The molecule has 4 heteroatoms. The van der Waals surface area contributed by atoms with Crippen LogP contribution in [0.1, 0.15) is 33.4 Å². The number of aryl methyl sites for hydroxylation is 2. The number of nitriles is 2. The first-order valence-corrected chi connectivity index (χ1v) is 7.68. The molecule has 0 unspecified atom stereocenters. The maximum absolute atomic E-state index is 9.22. The predicted octanol–water partition coefficient (Wildman–Crippen LogP) is 3.34. The molecule has 0 atom stereocenters. The molecule has 4 nitrogen and oxygen atoms in total. The minimum absolute atomic E-state index is 0.723. The Hall–Kier alpha value is -2.98. The van der Waals surface area contributed by atoms with E-state index in [1.165, 1.54) is 22.5 Å². The van der Waals surface area contributed by atoms with Crippen LogP contribution in [0.5, 0.6) is 0 Å². The van der Waals surface area contributed by atoms with Gasteiger partial charge in [0.25, 0.3) is 0 Å². The molecule has 2 aromatic rings. The first kappa shape index (κ1) is 13.7. The Morgan fingerprint density at radius 2 is 1.22 bits per heavy atom. The highest BCUT2D eigenvalue weighted by Crippen LogP contribution is 2.41. The number of nitrogens with zero attached hydrogens (tertiary/aromatic N) is 4. The van der Waals surface area contributed by atoms with Crippen LogP contribution in [-0.2, 0) is 13.1 Å². The maximum Gasteiger partial charge on any atom is 0.0991 e. The predicted molar refractivity (Wildman–Crippen MR) is 89.0 cm³/mol. The van der Waals surface area contributed by atoms with E-state index >= 15 is 0 Å². The quantitative estimate of drug-likeness (QED) is 0.748. The van der Waals surface area contributed by atoms with Crippen molar-refractivity contribution in [1.82, 2.24) is 0 Å². The molecule has 112 valence electrons. The Bertz CT molecular complexity index is 839. The van der Waals surface area contributed by atoms with Gasteiger partial charge in [0.1, 0.15) is 0 Å². The molecule has 2 aromatic carbocycles. The van der Waals surface area contributed by atoms with Crippen molar-refractivity contribution in [1.29, 1.82) is 10.5 Å². The van der Waals surface area contributed by atoms with Gasteiger partial charge in [0.05, 0.1) is 29.9 Å². The van der Waals surface area contributed by atoms with E-state index in [0.717, 1.165) is 42.0 Å². The van der Waals surface area contributed by atoms with Crippen molar-refractivity contribution in [3.05, 3.63) is 57.6 Å². The standard InChI is InChI=1S/C19H16N4/c1-12-3-14(7-20)5-16-9-23-11-22(18(12)16)10-17-6-15(8-21)4-13(2)19(17)23/h3-6H,9-11H2,1-2H3. The monoisotopic (exact) mass is 300 g/mol. The van der Waals surface area contributed by atoms with Crippen LogP contribution in [0.4, 0.5) is 11.4 Å². The van der Waals surface area contributed by atoms with Crippen molar-refractivity contribution in [3.8, 4) is 12.1 Å². The van der Waals surface area contributed by atoms with Crippen molar-refractivity contribution in [3.63, 3.8) is 0 Å². The second-order valence-electron chi connectivity index (χ2n) is 6.36. The first-order valence-electron chi connectivity index (χ1n) is 7.68. The second-order valence-corrected chi connectivity index (χ2v) is 6.36. The number of benzene rings is 2. The minimum atomic E-state index is 0.723. The smallest absolute Gasteiger partial charge is 0.0991 e. The lowest BCUT2D eigenvalue weighted by atomic mass is 9.94. The van der Waals surface area contributed by atoms with Gasteiger partial charge >= 0.3 is 0 Å². The zero-order valence-corrected chi connectivity index (χ0v) is 13.2. The van der Waals surface area contributed by atoms with E-state index in [-0.39, 0.29) is 0 Å². The Kier molecular flexibility index (Phi) is 2.83. The van der Waals surface area contributed by atoms with Crippen molar-refractivity contribution in [2.24, 2.45) is 0 Å². The van der Waals surface area contributed by atoms with Gasteiger partial charge in [0, 0.05) is 24.5 Å². The summed E-state index contributed by atoms with van der Waals surface area (Å²) in [6, 6.07) is 12.4. The first-order chi connectivity index (χ1) is 11.1. The van der Waals surface area contributed by atoms with Crippen LogP contribution in [0.3, 0.4) is 0 Å². The van der Waals surface area contributed by atoms with Crippen molar-refractivity contribution >= 4 is 11.4 Å². The molecule has 2 bridgehead atoms. The Morgan fingerprint density at radius 3 is 1.61 bits per heavy atom. The summed E-state index contributed by atoms with van der Waals surface area (Å²) in [5.41, 5.74) is 8.65. The Morgan fingerprint density at radius 1 is 0.783 bits per heavy atom. The molecule has 23 heavy (non-hydrogen) atoms. The summed E-state index contributed by atoms with van der Waals surface area (Å²) >= 11 is 0. The van der Waals surface area contributed by atoms with Gasteiger partial charge in [-0.05, 0) is 60.4 Å². The maximum atomic E-state index is 9.22. The summed E-state index contributed by atoms with van der Waals surface area (Å²) in [6.45, 7) is 6.62. The minimum Gasteiger partial charge on any atom is -0.349 e. The summed E-state index contributed by atoms with van der Waals surface area (Å²) in [4.78, 5) is 4.69. The summed E-state index contributed by atoms with van der Waals surface area (Å²) in [6.07, 6.45) is 0. The third-order valence-electron chi connectivity index (χ3n) is 4.71. The molecule has 2 aliphatic rings.